The van der Waals surface area contributed by atoms with E-state index in [0.29, 0.717) is 19.5 Å². The van der Waals surface area contributed by atoms with Crippen molar-refractivity contribution >= 4 is 30.4 Å². The van der Waals surface area contributed by atoms with E-state index in [1.165, 1.54) is 11.9 Å². The molecule has 0 saturated heterocycles. The largest absolute Gasteiger partial charge is 0.359 e. The van der Waals surface area contributed by atoms with Gasteiger partial charge in [-0.15, -0.1) is 0 Å². The van der Waals surface area contributed by atoms with E-state index in [1.807, 2.05) is 0 Å². The van der Waals surface area contributed by atoms with Gasteiger partial charge in [0.15, 0.2) is 0 Å². The predicted octanol–water partition coefficient (Wildman–Crippen LogP) is -0.225. The Hall–Kier alpha value is -1.28. The average Bonchev–Trinajstić information content (AvgIpc) is 2.55. The van der Waals surface area contributed by atoms with Gasteiger partial charge in [0, 0.05) is 33.6 Å². The zero-order chi connectivity index (χ0) is 17.7. The normalized spacial score (nSPS) is 11.7. The quantitative estimate of drug-likeness (QED) is 0.290. The van der Waals surface area contributed by atoms with E-state index in [2.05, 4.69) is 28.6 Å². The summed E-state index contributed by atoms with van der Waals surface area (Å²) in [6.07, 6.45) is 2.99. The Balaban J connectivity index is 4.65. The molecule has 3 amide bonds. The third-order valence-electron chi connectivity index (χ3n) is 3.54. The van der Waals surface area contributed by atoms with E-state index < -0.39 is 6.04 Å². The smallest absolute Gasteiger partial charge is 0.243 e. The van der Waals surface area contributed by atoms with Crippen LogP contribution in [-0.4, -0.2) is 68.6 Å². The van der Waals surface area contributed by atoms with Gasteiger partial charge in [0.05, 0.1) is 6.42 Å². The Morgan fingerprint density at radius 1 is 1.09 bits per heavy atom. The van der Waals surface area contributed by atoms with Gasteiger partial charge in [-0.25, -0.2) is 0 Å². The van der Waals surface area contributed by atoms with E-state index in [-0.39, 0.29) is 24.1 Å². The number of carbonyl (C=O) groups is 3. The zero-order valence-corrected chi connectivity index (χ0v) is 15.2. The first-order valence-electron chi connectivity index (χ1n) is 7.97. The van der Waals surface area contributed by atoms with Crippen LogP contribution in [0.4, 0.5) is 0 Å². The molecular weight excluding hydrogens is 316 g/mol. The van der Waals surface area contributed by atoms with Crippen LogP contribution in [0.25, 0.3) is 0 Å². The summed E-state index contributed by atoms with van der Waals surface area (Å²) in [5.41, 5.74) is 0. The van der Waals surface area contributed by atoms with Crippen LogP contribution in [0.2, 0.25) is 0 Å². The van der Waals surface area contributed by atoms with Gasteiger partial charge in [0.1, 0.15) is 6.04 Å². The fourth-order valence-corrected chi connectivity index (χ4v) is 2.25. The van der Waals surface area contributed by atoms with E-state index >= 15 is 0 Å². The SMILES string of the molecule is CNCCNC(=O)[C@H](CC(=O)NC)N(C)C(=O)CCCCCS. The number of carbonyl (C=O) groups excluding carboxylic acids is 3. The second-order valence-corrected chi connectivity index (χ2v) is 5.77. The standard InChI is InChI=1S/C15H30N4O3S/c1-16-8-9-18-15(22)12(11-13(20)17-2)19(3)14(21)7-5-4-6-10-23/h12,16,23H,4-11H2,1-3H3,(H,17,20)(H,18,22)/t12-/m0/s1. The summed E-state index contributed by atoms with van der Waals surface area (Å²) in [5, 5.41) is 8.16. The van der Waals surface area contributed by atoms with Crippen molar-refractivity contribution in [2.45, 2.75) is 38.1 Å². The molecule has 0 aromatic carbocycles. The Morgan fingerprint density at radius 2 is 1.78 bits per heavy atom. The molecular formula is C15H30N4O3S. The lowest BCUT2D eigenvalue weighted by molar-refractivity contribution is -0.141. The molecule has 0 aromatic heterocycles. The molecule has 0 rings (SSSR count). The van der Waals surface area contributed by atoms with E-state index in [0.717, 1.165) is 25.0 Å². The molecule has 0 fully saturated rings. The lowest BCUT2D eigenvalue weighted by Crippen LogP contribution is -2.50. The number of unbranched alkanes of at least 4 members (excludes halogenated alkanes) is 2. The molecule has 0 aliphatic heterocycles. The van der Waals surface area contributed by atoms with Gasteiger partial charge in [-0.2, -0.15) is 12.6 Å². The maximum atomic E-state index is 12.3. The van der Waals surface area contributed by atoms with Gasteiger partial charge < -0.3 is 20.9 Å². The molecule has 0 saturated carbocycles. The third kappa shape index (κ3) is 9.45. The predicted molar refractivity (Wildman–Crippen MR) is 94.5 cm³/mol. The maximum Gasteiger partial charge on any atom is 0.243 e. The van der Waals surface area contributed by atoms with Gasteiger partial charge in [-0.05, 0) is 25.6 Å². The van der Waals surface area contributed by atoms with Crippen LogP contribution in [0.3, 0.4) is 0 Å². The highest BCUT2D eigenvalue weighted by Gasteiger charge is 2.28. The van der Waals surface area contributed by atoms with Crippen LogP contribution >= 0.6 is 12.6 Å². The minimum absolute atomic E-state index is 0.0409. The fourth-order valence-electron chi connectivity index (χ4n) is 2.03. The van der Waals surface area contributed by atoms with E-state index in [4.69, 9.17) is 0 Å². The lowest BCUT2D eigenvalue weighted by Gasteiger charge is -2.27. The summed E-state index contributed by atoms with van der Waals surface area (Å²) in [6.45, 7) is 1.07. The zero-order valence-electron chi connectivity index (χ0n) is 14.4. The molecule has 0 radical (unpaired) electrons. The average molecular weight is 346 g/mol. The lowest BCUT2D eigenvalue weighted by atomic mass is 10.1. The van der Waals surface area contributed by atoms with Crippen molar-refractivity contribution in [2.24, 2.45) is 0 Å². The Kier molecular flexibility index (Phi) is 12.5. The number of hydrogen-bond donors (Lipinski definition) is 4. The minimum Gasteiger partial charge on any atom is -0.359 e. The van der Waals surface area contributed by atoms with Gasteiger partial charge in [0.25, 0.3) is 0 Å². The van der Waals surface area contributed by atoms with Gasteiger partial charge in [-0.3, -0.25) is 14.4 Å². The summed E-state index contributed by atoms with van der Waals surface area (Å²) in [6, 6.07) is -0.788. The van der Waals surface area contributed by atoms with Crippen molar-refractivity contribution < 1.29 is 14.4 Å². The Labute approximate surface area is 144 Å². The first kappa shape index (κ1) is 21.7. The number of thiol groups is 1. The highest BCUT2D eigenvalue weighted by molar-refractivity contribution is 7.80. The first-order chi connectivity index (χ1) is 11.0. The van der Waals surface area contributed by atoms with Gasteiger partial charge in [-0.1, -0.05) is 6.42 Å². The van der Waals surface area contributed by atoms with E-state index in [9.17, 15) is 14.4 Å². The second-order valence-electron chi connectivity index (χ2n) is 5.33. The molecule has 3 N–H and O–H groups in total. The number of rotatable bonds is 12. The molecule has 0 heterocycles. The first-order valence-corrected chi connectivity index (χ1v) is 8.60. The number of nitrogens with zero attached hydrogens (tertiary/aromatic N) is 1. The second kappa shape index (κ2) is 13.2. The molecule has 23 heavy (non-hydrogen) atoms. The summed E-state index contributed by atoms with van der Waals surface area (Å²) in [7, 11) is 4.87. The maximum absolute atomic E-state index is 12.3. The molecule has 0 spiro atoms. The van der Waals surface area contributed by atoms with Crippen LogP contribution in [0, 0.1) is 0 Å². The topological polar surface area (TPSA) is 90.5 Å². The fraction of sp³-hybridized carbons (Fsp3) is 0.800. The molecule has 8 heteroatoms. The molecule has 0 aliphatic carbocycles. The number of amides is 3. The van der Waals surface area contributed by atoms with Crippen LogP contribution < -0.4 is 16.0 Å². The van der Waals surface area contributed by atoms with Crippen molar-refractivity contribution in [2.75, 3.05) is 40.0 Å². The summed E-state index contributed by atoms with van der Waals surface area (Å²) in [4.78, 5) is 37.5. The monoisotopic (exact) mass is 346 g/mol. The van der Waals surface area contributed by atoms with E-state index in [1.54, 1.807) is 14.1 Å². The van der Waals surface area contributed by atoms with Crippen molar-refractivity contribution in [3.8, 4) is 0 Å². The highest BCUT2D eigenvalue weighted by Crippen LogP contribution is 2.09. The van der Waals surface area contributed by atoms with Crippen LogP contribution in [0.15, 0.2) is 0 Å². The molecule has 134 valence electrons. The van der Waals surface area contributed by atoms with Crippen molar-refractivity contribution in [1.29, 1.82) is 0 Å². The van der Waals surface area contributed by atoms with Crippen LogP contribution in [-0.2, 0) is 14.4 Å². The van der Waals surface area contributed by atoms with Gasteiger partial charge in [0.2, 0.25) is 17.7 Å². The van der Waals surface area contributed by atoms with Gasteiger partial charge >= 0.3 is 0 Å². The van der Waals surface area contributed by atoms with Crippen LogP contribution in [0.5, 0.6) is 0 Å². The number of nitrogens with one attached hydrogen (secondary N) is 3. The molecule has 0 aromatic rings. The summed E-state index contributed by atoms with van der Waals surface area (Å²) < 4.78 is 0. The minimum atomic E-state index is -0.788. The summed E-state index contributed by atoms with van der Waals surface area (Å²) in [5.74, 6) is 0.0994. The third-order valence-corrected chi connectivity index (χ3v) is 3.86. The van der Waals surface area contributed by atoms with Crippen molar-refractivity contribution in [3.63, 3.8) is 0 Å². The van der Waals surface area contributed by atoms with Crippen molar-refractivity contribution in [3.05, 3.63) is 0 Å². The molecule has 0 aliphatic rings. The Morgan fingerprint density at radius 3 is 2.35 bits per heavy atom. The molecule has 0 bridgehead atoms. The van der Waals surface area contributed by atoms with Crippen molar-refractivity contribution in [1.82, 2.24) is 20.9 Å². The number of hydrogen-bond acceptors (Lipinski definition) is 5. The molecule has 1 atom stereocenters. The highest BCUT2D eigenvalue weighted by atomic mass is 32.1. The molecule has 0 unspecified atom stereocenters. The number of likely N-dealkylation sites (N-methyl/N-ethyl adjacent to an activating group) is 2. The molecule has 7 nitrogen and oxygen atoms in total. The Bertz CT molecular complexity index is 380. The van der Waals surface area contributed by atoms with Crippen LogP contribution in [0.1, 0.15) is 32.1 Å². The summed E-state index contributed by atoms with van der Waals surface area (Å²) >= 11 is 4.14.